The molecule has 1 aliphatic heterocycles. The van der Waals surface area contributed by atoms with Crippen LogP contribution in [0.3, 0.4) is 0 Å². The van der Waals surface area contributed by atoms with Crippen LogP contribution in [-0.2, 0) is 14.4 Å². The van der Waals surface area contributed by atoms with Gasteiger partial charge in [-0.25, -0.2) is 0 Å². The minimum Gasteiger partial charge on any atom is -0.378 e. The first kappa shape index (κ1) is 12.4. The number of carbonyl (C=O) groups excluding carboxylic acids is 1. The lowest BCUT2D eigenvalue weighted by Gasteiger charge is -2.29. The SMILES string of the molecule is CCCC1CC(NOCC(N)=O)CCO1. The summed E-state index contributed by atoms with van der Waals surface area (Å²) < 4.78 is 5.59. The summed E-state index contributed by atoms with van der Waals surface area (Å²) in [4.78, 5) is 15.4. The van der Waals surface area contributed by atoms with Crippen LogP contribution in [0.1, 0.15) is 32.6 Å². The van der Waals surface area contributed by atoms with E-state index in [1.807, 2.05) is 0 Å². The zero-order valence-electron chi connectivity index (χ0n) is 9.20. The van der Waals surface area contributed by atoms with Gasteiger partial charge in [-0.05, 0) is 19.3 Å². The molecule has 1 heterocycles. The fourth-order valence-electron chi connectivity index (χ4n) is 1.74. The van der Waals surface area contributed by atoms with Gasteiger partial charge in [0.1, 0.15) is 6.61 Å². The van der Waals surface area contributed by atoms with Crippen LogP contribution in [0, 0.1) is 0 Å². The number of amides is 1. The summed E-state index contributed by atoms with van der Waals surface area (Å²) in [6, 6.07) is 0.273. The summed E-state index contributed by atoms with van der Waals surface area (Å²) in [7, 11) is 0. The molecule has 1 rings (SSSR count). The molecule has 5 nitrogen and oxygen atoms in total. The third-order valence-corrected chi connectivity index (χ3v) is 2.44. The second kappa shape index (κ2) is 6.76. The van der Waals surface area contributed by atoms with Crippen LogP contribution in [0.25, 0.3) is 0 Å². The van der Waals surface area contributed by atoms with Gasteiger partial charge in [0.15, 0.2) is 0 Å². The second-order valence-corrected chi connectivity index (χ2v) is 3.88. The van der Waals surface area contributed by atoms with E-state index in [4.69, 9.17) is 15.3 Å². The van der Waals surface area contributed by atoms with Gasteiger partial charge in [-0.15, -0.1) is 0 Å². The topological polar surface area (TPSA) is 73.6 Å². The Morgan fingerprint density at radius 2 is 2.47 bits per heavy atom. The van der Waals surface area contributed by atoms with Crippen LogP contribution in [0.5, 0.6) is 0 Å². The van der Waals surface area contributed by atoms with E-state index in [-0.39, 0.29) is 12.6 Å². The Balaban J connectivity index is 2.15. The first-order chi connectivity index (χ1) is 7.22. The monoisotopic (exact) mass is 216 g/mol. The average molecular weight is 216 g/mol. The maximum atomic E-state index is 10.4. The van der Waals surface area contributed by atoms with Gasteiger partial charge in [0.25, 0.3) is 0 Å². The van der Waals surface area contributed by atoms with Crippen molar-refractivity contribution >= 4 is 5.91 Å². The summed E-state index contributed by atoms with van der Waals surface area (Å²) in [5.41, 5.74) is 7.81. The molecule has 1 saturated heterocycles. The molecule has 15 heavy (non-hydrogen) atoms. The third kappa shape index (κ3) is 5.11. The Labute approximate surface area is 90.3 Å². The molecule has 88 valence electrons. The quantitative estimate of drug-likeness (QED) is 0.628. The van der Waals surface area contributed by atoms with Crippen molar-refractivity contribution in [3.05, 3.63) is 0 Å². The summed E-state index contributed by atoms with van der Waals surface area (Å²) in [6.07, 6.45) is 4.37. The number of ether oxygens (including phenoxy) is 1. The van der Waals surface area contributed by atoms with E-state index in [1.165, 1.54) is 0 Å². The van der Waals surface area contributed by atoms with Crippen molar-refractivity contribution in [1.29, 1.82) is 0 Å². The molecule has 5 heteroatoms. The van der Waals surface area contributed by atoms with Gasteiger partial charge in [-0.2, -0.15) is 5.48 Å². The van der Waals surface area contributed by atoms with Crippen molar-refractivity contribution in [2.45, 2.75) is 44.8 Å². The van der Waals surface area contributed by atoms with Gasteiger partial charge >= 0.3 is 0 Å². The van der Waals surface area contributed by atoms with Gasteiger partial charge in [0, 0.05) is 12.6 Å². The van der Waals surface area contributed by atoms with Crippen molar-refractivity contribution in [3.8, 4) is 0 Å². The highest BCUT2D eigenvalue weighted by molar-refractivity contribution is 5.74. The fraction of sp³-hybridized carbons (Fsp3) is 0.900. The predicted octanol–water partition coefficient (Wildman–Crippen LogP) is 0.341. The molecule has 1 aliphatic rings. The molecule has 2 atom stereocenters. The molecule has 2 unspecified atom stereocenters. The van der Waals surface area contributed by atoms with Crippen LogP contribution in [-0.4, -0.2) is 31.3 Å². The number of carbonyl (C=O) groups is 1. The minimum absolute atomic E-state index is 0.0736. The Kier molecular flexibility index (Phi) is 5.60. The van der Waals surface area contributed by atoms with Crippen molar-refractivity contribution < 1.29 is 14.4 Å². The van der Waals surface area contributed by atoms with Crippen LogP contribution in [0.4, 0.5) is 0 Å². The lowest BCUT2D eigenvalue weighted by Crippen LogP contribution is -2.40. The highest BCUT2D eigenvalue weighted by Crippen LogP contribution is 2.17. The smallest absolute Gasteiger partial charge is 0.245 e. The molecule has 0 aliphatic carbocycles. The van der Waals surface area contributed by atoms with E-state index >= 15 is 0 Å². The van der Waals surface area contributed by atoms with Crippen LogP contribution in [0.15, 0.2) is 0 Å². The van der Waals surface area contributed by atoms with Crippen LogP contribution >= 0.6 is 0 Å². The maximum Gasteiger partial charge on any atom is 0.245 e. The van der Waals surface area contributed by atoms with Crippen molar-refractivity contribution in [2.24, 2.45) is 5.73 Å². The lowest BCUT2D eigenvalue weighted by atomic mass is 10.0. The number of hydroxylamine groups is 1. The first-order valence-electron chi connectivity index (χ1n) is 5.49. The Bertz CT molecular complexity index is 197. The molecule has 0 saturated carbocycles. The molecule has 1 fully saturated rings. The zero-order chi connectivity index (χ0) is 11.1. The molecule has 0 aromatic rings. The molecule has 0 spiro atoms. The zero-order valence-corrected chi connectivity index (χ0v) is 9.20. The molecule has 0 aromatic carbocycles. The standard InChI is InChI=1S/C10H20N2O3/c1-2-3-9-6-8(4-5-14-9)12-15-7-10(11)13/h8-9,12H,2-7H2,1H3,(H2,11,13). The molecule has 0 bridgehead atoms. The largest absolute Gasteiger partial charge is 0.378 e. The molecule has 1 amide bonds. The van der Waals surface area contributed by atoms with E-state index in [1.54, 1.807) is 0 Å². The van der Waals surface area contributed by atoms with Crippen LogP contribution in [0.2, 0.25) is 0 Å². The summed E-state index contributed by atoms with van der Waals surface area (Å²) >= 11 is 0. The number of nitrogens with one attached hydrogen (secondary N) is 1. The Morgan fingerprint density at radius 1 is 1.67 bits per heavy atom. The number of hydrogen-bond acceptors (Lipinski definition) is 4. The summed E-state index contributed by atoms with van der Waals surface area (Å²) in [5.74, 6) is -0.459. The average Bonchev–Trinajstić information content (AvgIpc) is 2.18. The number of primary amides is 1. The first-order valence-corrected chi connectivity index (χ1v) is 5.49. The van der Waals surface area contributed by atoms with Crippen molar-refractivity contribution in [2.75, 3.05) is 13.2 Å². The molecule has 0 aromatic heterocycles. The van der Waals surface area contributed by atoms with E-state index in [0.717, 1.165) is 32.3 Å². The summed E-state index contributed by atoms with van der Waals surface area (Å²) in [6.45, 7) is 2.82. The maximum absolute atomic E-state index is 10.4. The van der Waals surface area contributed by atoms with Gasteiger partial charge in [-0.3, -0.25) is 9.63 Å². The third-order valence-electron chi connectivity index (χ3n) is 2.44. The molecule has 3 N–H and O–H groups in total. The van der Waals surface area contributed by atoms with Crippen molar-refractivity contribution in [1.82, 2.24) is 5.48 Å². The number of rotatable bonds is 6. The predicted molar refractivity (Wildman–Crippen MR) is 56.0 cm³/mol. The molecule has 0 radical (unpaired) electrons. The normalized spacial score (nSPS) is 26.5. The van der Waals surface area contributed by atoms with Crippen LogP contribution < -0.4 is 11.2 Å². The summed E-state index contributed by atoms with van der Waals surface area (Å²) in [5, 5.41) is 0. The Morgan fingerprint density at radius 3 is 3.13 bits per heavy atom. The number of nitrogens with two attached hydrogens (primary N) is 1. The van der Waals surface area contributed by atoms with Gasteiger partial charge in [0.05, 0.1) is 6.10 Å². The van der Waals surface area contributed by atoms with E-state index in [0.29, 0.717) is 6.10 Å². The Hall–Kier alpha value is -0.650. The molecular weight excluding hydrogens is 196 g/mol. The van der Waals surface area contributed by atoms with Gasteiger partial charge < -0.3 is 10.5 Å². The van der Waals surface area contributed by atoms with E-state index < -0.39 is 5.91 Å². The van der Waals surface area contributed by atoms with E-state index in [2.05, 4.69) is 12.4 Å². The minimum atomic E-state index is -0.459. The molecular formula is C10H20N2O3. The van der Waals surface area contributed by atoms with Gasteiger partial charge in [0.2, 0.25) is 5.91 Å². The highest BCUT2D eigenvalue weighted by atomic mass is 16.6. The second-order valence-electron chi connectivity index (χ2n) is 3.88. The van der Waals surface area contributed by atoms with E-state index in [9.17, 15) is 4.79 Å². The number of hydrogen-bond donors (Lipinski definition) is 2. The lowest BCUT2D eigenvalue weighted by molar-refractivity contribution is -0.127. The fourth-order valence-corrected chi connectivity index (χ4v) is 1.74. The van der Waals surface area contributed by atoms with Gasteiger partial charge in [-0.1, -0.05) is 13.3 Å². The van der Waals surface area contributed by atoms with Crippen molar-refractivity contribution in [3.63, 3.8) is 0 Å². The highest BCUT2D eigenvalue weighted by Gasteiger charge is 2.21.